The van der Waals surface area contributed by atoms with Crippen LogP contribution in [0.15, 0.2) is 29.0 Å². The van der Waals surface area contributed by atoms with Crippen molar-refractivity contribution in [3.8, 4) is 0 Å². The van der Waals surface area contributed by atoms with Crippen LogP contribution in [-0.2, 0) is 6.54 Å². The van der Waals surface area contributed by atoms with Gasteiger partial charge < -0.3 is 14.7 Å². The molecular weight excluding hydrogens is 280 g/mol. The zero-order chi connectivity index (χ0) is 15.2. The quantitative estimate of drug-likeness (QED) is 0.863. The van der Waals surface area contributed by atoms with Crippen LogP contribution in [0.25, 0.3) is 0 Å². The Balaban J connectivity index is 1.37. The normalized spacial score (nSPS) is 22.7. The van der Waals surface area contributed by atoms with Gasteiger partial charge in [-0.15, -0.1) is 0 Å². The molecule has 1 aliphatic heterocycles. The molecule has 0 bridgehead atoms. The van der Waals surface area contributed by atoms with Crippen LogP contribution in [0.1, 0.15) is 25.0 Å². The average molecular weight is 304 g/mol. The average Bonchev–Trinajstić information content (AvgIpc) is 3.07. The summed E-state index contributed by atoms with van der Waals surface area (Å²) in [6.07, 6.45) is 9.46. The van der Waals surface area contributed by atoms with E-state index in [1.807, 2.05) is 11.0 Å². The van der Waals surface area contributed by atoms with Crippen molar-refractivity contribution >= 4 is 6.03 Å². The Bertz CT molecular complexity index is 492. The SMILES string of the molecule is O=C(NCC1CC=CCC1)N1CCN(Cc2ccon2)CC1. The van der Waals surface area contributed by atoms with Crippen LogP contribution in [0, 0.1) is 5.92 Å². The molecule has 2 amide bonds. The van der Waals surface area contributed by atoms with Gasteiger partial charge in [0.15, 0.2) is 0 Å². The molecule has 2 heterocycles. The van der Waals surface area contributed by atoms with Gasteiger partial charge in [-0.05, 0) is 25.2 Å². The van der Waals surface area contributed by atoms with Crippen molar-refractivity contribution < 1.29 is 9.32 Å². The lowest BCUT2D eigenvalue weighted by molar-refractivity contribution is 0.132. The summed E-state index contributed by atoms with van der Waals surface area (Å²) in [7, 11) is 0. The molecule has 6 heteroatoms. The van der Waals surface area contributed by atoms with E-state index < -0.39 is 0 Å². The number of nitrogens with zero attached hydrogens (tertiary/aromatic N) is 3. The standard InChI is InChI=1S/C16H24N4O2/c21-16(17-12-14-4-2-1-3-5-14)20-9-7-19(8-10-20)13-15-6-11-22-18-15/h1-2,6,11,14H,3-5,7-10,12-13H2,(H,17,21). The van der Waals surface area contributed by atoms with E-state index in [1.165, 1.54) is 6.42 Å². The van der Waals surface area contributed by atoms with Crippen LogP contribution < -0.4 is 5.32 Å². The lowest BCUT2D eigenvalue weighted by Gasteiger charge is -2.34. The number of amides is 2. The van der Waals surface area contributed by atoms with Gasteiger partial charge in [0.1, 0.15) is 6.26 Å². The lowest BCUT2D eigenvalue weighted by Crippen LogP contribution is -2.52. The number of rotatable bonds is 4. The fourth-order valence-corrected chi connectivity index (χ4v) is 3.04. The van der Waals surface area contributed by atoms with Gasteiger partial charge in [0.05, 0.1) is 5.69 Å². The Hall–Kier alpha value is -1.82. The minimum absolute atomic E-state index is 0.0793. The molecule has 1 aromatic rings. The lowest BCUT2D eigenvalue weighted by atomic mass is 9.94. The van der Waals surface area contributed by atoms with Gasteiger partial charge in [0.25, 0.3) is 0 Å². The van der Waals surface area contributed by atoms with E-state index in [9.17, 15) is 4.79 Å². The second-order valence-electron chi connectivity index (χ2n) is 6.09. The zero-order valence-corrected chi connectivity index (χ0v) is 12.9. The molecule has 1 fully saturated rings. The minimum Gasteiger partial charge on any atom is -0.364 e. The van der Waals surface area contributed by atoms with Crippen LogP contribution in [-0.4, -0.2) is 53.7 Å². The first-order valence-corrected chi connectivity index (χ1v) is 8.10. The first kappa shape index (κ1) is 15.1. The molecule has 1 aromatic heterocycles. The molecule has 120 valence electrons. The van der Waals surface area contributed by atoms with Gasteiger partial charge in [0, 0.05) is 45.3 Å². The van der Waals surface area contributed by atoms with Crippen molar-refractivity contribution in [3.05, 3.63) is 30.2 Å². The zero-order valence-electron chi connectivity index (χ0n) is 12.9. The van der Waals surface area contributed by atoms with E-state index in [-0.39, 0.29) is 6.03 Å². The summed E-state index contributed by atoms with van der Waals surface area (Å²) in [5.74, 6) is 0.599. The third-order valence-electron chi connectivity index (χ3n) is 4.46. The monoisotopic (exact) mass is 304 g/mol. The van der Waals surface area contributed by atoms with Crippen molar-refractivity contribution in [2.24, 2.45) is 5.92 Å². The van der Waals surface area contributed by atoms with Crippen molar-refractivity contribution in [2.45, 2.75) is 25.8 Å². The van der Waals surface area contributed by atoms with E-state index in [0.29, 0.717) is 5.92 Å². The van der Waals surface area contributed by atoms with Gasteiger partial charge >= 0.3 is 6.03 Å². The molecule has 0 saturated carbocycles. The number of nitrogens with one attached hydrogen (secondary N) is 1. The van der Waals surface area contributed by atoms with Crippen molar-refractivity contribution in [3.63, 3.8) is 0 Å². The molecule has 0 spiro atoms. The summed E-state index contributed by atoms with van der Waals surface area (Å²) in [5.41, 5.74) is 0.947. The van der Waals surface area contributed by atoms with Crippen molar-refractivity contribution in [1.82, 2.24) is 20.3 Å². The predicted octanol–water partition coefficient (Wildman–Crippen LogP) is 1.86. The maximum atomic E-state index is 12.2. The van der Waals surface area contributed by atoms with E-state index in [2.05, 4.69) is 27.5 Å². The van der Waals surface area contributed by atoms with Gasteiger partial charge in [-0.3, -0.25) is 4.90 Å². The Morgan fingerprint density at radius 1 is 1.32 bits per heavy atom. The number of piperazine rings is 1. The maximum Gasteiger partial charge on any atom is 0.317 e. The molecule has 1 N–H and O–H groups in total. The number of hydrogen-bond donors (Lipinski definition) is 1. The molecule has 2 aliphatic rings. The molecule has 1 unspecified atom stereocenters. The second-order valence-corrected chi connectivity index (χ2v) is 6.09. The molecule has 1 saturated heterocycles. The third-order valence-corrected chi connectivity index (χ3v) is 4.46. The smallest absolute Gasteiger partial charge is 0.317 e. The summed E-state index contributed by atoms with van der Waals surface area (Å²) >= 11 is 0. The summed E-state index contributed by atoms with van der Waals surface area (Å²) in [4.78, 5) is 16.4. The van der Waals surface area contributed by atoms with Gasteiger partial charge in [-0.25, -0.2) is 4.79 Å². The van der Waals surface area contributed by atoms with Crippen LogP contribution in [0.2, 0.25) is 0 Å². The van der Waals surface area contributed by atoms with Gasteiger partial charge in [0.2, 0.25) is 0 Å². The minimum atomic E-state index is 0.0793. The maximum absolute atomic E-state index is 12.2. The van der Waals surface area contributed by atoms with E-state index in [0.717, 1.165) is 57.8 Å². The topological polar surface area (TPSA) is 61.6 Å². The number of aromatic nitrogens is 1. The molecule has 0 aromatic carbocycles. The molecule has 6 nitrogen and oxygen atoms in total. The van der Waals surface area contributed by atoms with Crippen molar-refractivity contribution in [1.29, 1.82) is 0 Å². The molecule has 22 heavy (non-hydrogen) atoms. The molecule has 1 aliphatic carbocycles. The number of urea groups is 1. The summed E-state index contributed by atoms with van der Waals surface area (Å²) < 4.78 is 4.85. The molecule has 1 atom stereocenters. The number of carbonyl (C=O) groups is 1. The van der Waals surface area contributed by atoms with E-state index in [1.54, 1.807) is 6.26 Å². The van der Waals surface area contributed by atoms with Crippen LogP contribution in [0.3, 0.4) is 0 Å². The highest BCUT2D eigenvalue weighted by molar-refractivity contribution is 5.74. The number of carbonyl (C=O) groups excluding carboxylic acids is 1. The van der Waals surface area contributed by atoms with Crippen LogP contribution >= 0.6 is 0 Å². The highest BCUT2D eigenvalue weighted by Gasteiger charge is 2.22. The van der Waals surface area contributed by atoms with E-state index >= 15 is 0 Å². The van der Waals surface area contributed by atoms with Crippen LogP contribution in [0.4, 0.5) is 4.79 Å². The summed E-state index contributed by atoms with van der Waals surface area (Å²) in [6.45, 7) is 4.89. The molecule has 0 radical (unpaired) electrons. The Labute approximate surface area is 131 Å². The van der Waals surface area contributed by atoms with Crippen molar-refractivity contribution in [2.75, 3.05) is 32.7 Å². The number of allylic oxidation sites excluding steroid dienone is 2. The first-order valence-electron chi connectivity index (χ1n) is 8.10. The largest absolute Gasteiger partial charge is 0.364 e. The second kappa shape index (κ2) is 7.45. The highest BCUT2D eigenvalue weighted by Crippen LogP contribution is 2.17. The van der Waals surface area contributed by atoms with Gasteiger partial charge in [-0.1, -0.05) is 17.3 Å². The Morgan fingerprint density at radius 2 is 2.18 bits per heavy atom. The number of hydrogen-bond acceptors (Lipinski definition) is 4. The van der Waals surface area contributed by atoms with E-state index in [4.69, 9.17) is 4.52 Å². The van der Waals surface area contributed by atoms with Crippen LogP contribution in [0.5, 0.6) is 0 Å². The summed E-state index contributed by atoms with van der Waals surface area (Å²) in [6, 6.07) is 1.97. The molecule has 3 rings (SSSR count). The fraction of sp³-hybridized carbons (Fsp3) is 0.625. The highest BCUT2D eigenvalue weighted by atomic mass is 16.5. The first-order chi connectivity index (χ1) is 10.8. The Kier molecular flexibility index (Phi) is 5.11. The third kappa shape index (κ3) is 4.10. The summed E-state index contributed by atoms with van der Waals surface area (Å²) in [5, 5.41) is 7.02. The fourth-order valence-electron chi connectivity index (χ4n) is 3.04. The van der Waals surface area contributed by atoms with Gasteiger partial charge in [-0.2, -0.15) is 0 Å². The molecular formula is C16H24N4O2. The Morgan fingerprint density at radius 3 is 2.86 bits per heavy atom. The predicted molar refractivity (Wildman–Crippen MR) is 83.2 cm³/mol.